The molecule has 1 aromatic rings. The highest BCUT2D eigenvalue weighted by Gasteiger charge is 2.26. The van der Waals surface area contributed by atoms with Crippen LogP contribution in [0.1, 0.15) is 85.1 Å². The smallest absolute Gasteiger partial charge is 0.147 e. The number of carbonyl (C=O) groups is 1. The minimum absolute atomic E-state index is 0.103. The van der Waals surface area contributed by atoms with Crippen LogP contribution in [0.25, 0.3) is 12.2 Å². The number of H-pyrrole nitrogens is 1. The van der Waals surface area contributed by atoms with Crippen LogP contribution in [-0.4, -0.2) is 22.9 Å². The Kier molecular flexibility index (Phi) is 14.2. The number of allylic oxidation sites excluding steroid dienone is 1. The van der Waals surface area contributed by atoms with Crippen LogP contribution < -0.4 is 5.32 Å². The van der Waals surface area contributed by atoms with Gasteiger partial charge in [0.15, 0.2) is 0 Å². The van der Waals surface area contributed by atoms with Crippen molar-refractivity contribution in [3.63, 3.8) is 0 Å². The number of rotatable bonds is 7. The maximum atomic E-state index is 11.9. The number of aromatic nitrogens is 1. The molecule has 0 saturated heterocycles. The van der Waals surface area contributed by atoms with Gasteiger partial charge in [0.05, 0.1) is 6.04 Å². The minimum atomic E-state index is -0.174. The van der Waals surface area contributed by atoms with E-state index in [1.54, 1.807) is 6.92 Å². The summed E-state index contributed by atoms with van der Waals surface area (Å²) >= 11 is 0. The number of ketones is 1. The maximum absolute atomic E-state index is 11.9. The van der Waals surface area contributed by atoms with E-state index in [1.165, 1.54) is 0 Å². The fraction of sp³-hybridized carbons (Fsp3) is 0.571. The molecule has 0 saturated carbocycles. The number of aromatic amines is 1. The Hall–Kier alpha value is -1.61. The zero-order valence-electron chi connectivity index (χ0n) is 17.2. The van der Waals surface area contributed by atoms with Crippen molar-refractivity contribution in [2.75, 3.05) is 0 Å². The molecule has 0 aliphatic heterocycles. The quantitative estimate of drug-likeness (QED) is 0.661. The van der Waals surface area contributed by atoms with Gasteiger partial charge in [-0.05, 0) is 25.5 Å². The van der Waals surface area contributed by atoms with Gasteiger partial charge in [-0.2, -0.15) is 0 Å². The van der Waals surface area contributed by atoms with Crippen molar-refractivity contribution < 1.29 is 4.79 Å². The molecule has 2 atom stereocenters. The van der Waals surface area contributed by atoms with Crippen molar-refractivity contribution in [2.45, 2.75) is 80.3 Å². The molecule has 1 aromatic heterocycles. The van der Waals surface area contributed by atoms with Crippen LogP contribution >= 0.6 is 0 Å². The van der Waals surface area contributed by atoms with Crippen molar-refractivity contribution in [2.24, 2.45) is 0 Å². The van der Waals surface area contributed by atoms with Crippen molar-refractivity contribution in [1.82, 2.24) is 10.3 Å². The molecule has 0 aliphatic rings. The topological polar surface area (TPSA) is 44.9 Å². The third kappa shape index (κ3) is 7.31. The molecule has 0 radical (unpaired) electrons. The molecule has 1 rings (SSSR count). The molecule has 3 nitrogen and oxygen atoms in total. The Morgan fingerprint density at radius 1 is 1.21 bits per heavy atom. The second-order valence-electron chi connectivity index (χ2n) is 5.47. The number of hydrogen-bond acceptors (Lipinski definition) is 2. The summed E-state index contributed by atoms with van der Waals surface area (Å²) in [4.78, 5) is 15.2. The molecule has 0 amide bonds. The van der Waals surface area contributed by atoms with E-state index >= 15 is 0 Å². The molecule has 1 heterocycles. The molecule has 3 heteroatoms. The van der Waals surface area contributed by atoms with Crippen molar-refractivity contribution in [3.05, 3.63) is 35.7 Å². The van der Waals surface area contributed by atoms with Crippen LogP contribution in [0.4, 0.5) is 0 Å². The van der Waals surface area contributed by atoms with Crippen molar-refractivity contribution in [3.8, 4) is 0 Å². The summed E-state index contributed by atoms with van der Waals surface area (Å²) in [5.74, 6) is 0.269. The number of Topliss-reactive ketones (excluding diaryl/α,β-unsaturated/α-hetero) is 1. The Balaban J connectivity index is 0. The van der Waals surface area contributed by atoms with Gasteiger partial charge >= 0.3 is 0 Å². The van der Waals surface area contributed by atoms with Crippen LogP contribution in [0, 0.1) is 0 Å². The lowest BCUT2D eigenvalue weighted by molar-refractivity contribution is -0.119. The fourth-order valence-corrected chi connectivity index (χ4v) is 2.52. The highest BCUT2D eigenvalue weighted by atomic mass is 16.1. The first-order valence-electron chi connectivity index (χ1n) is 9.15. The predicted molar refractivity (Wildman–Crippen MR) is 109 cm³/mol. The van der Waals surface area contributed by atoms with Gasteiger partial charge in [0.25, 0.3) is 0 Å². The fourth-order valence-electron chi connectivity index (χ4n) is 2.52. The van der Waals surface area contributed by atoms with Crippen LogP contribution in [0.15, 0.2) is 18.9 Å². The number of carbonyl (C=O) groups excluding carboxylic acids is 1. The van der Waals surface area contributed by atoms with Gasteiger partial charge in [0, 0.05) is 29.4 Å². The van der Waals surface area contributed by atoms with Gasteiger partial charge in [-0.25, -0.2) is 0 Å². The lowest BCUT2D eigenvalue weighted by Crippen LogP contribution is -2.43. The SMILES string of the molecule is C=Cc1[nH]cc(C(C)C(NC(C)C)C(C)=O)c1/C=C\C.CC.CC. The lowest BCUT2D eigenvalue weighted by atomic mass is 9.89. The van der Waals surface area contributed by atoms with E-state index in [0.29, 0.717) is 0 Å². The van der Waals surface area contributed by atoms with E-state index in [0.717, 1.165) is 16.8 Å². The van der Waals surface area contributed by atoms with E-state index in [-0.39, 0.29) is 23.8 Å². The molecule has 2 N–H and O–H groups in total. The summed E-state index contributed by atoms with van der Waals surface area (Å²) in [6, 6.07) is 0.0989. The maximum Gasteiger partial charge on any atom is 0.147 e. The molecule has 0 aromatic carbocycles. The van der Waals surface area contributed by atoms with E-state index < -0.39 is 0 Å². The van der Waals surface area contributed by atoms with E-state index in [2.05, 4.69) is 43.7 Å². The van der Waals surface area contributed by atoms with E-state index in [1.807, 2.05) is 53.0 Å². The summed E-state index contributed by atoms with van der Waals surface area (Å²) in [7, 11) is 0. The average Bonchev–Trinajstić information content (AvgIpc) is 2.98. The highest BCUT2D eigenvalue weighted by molar-refractivity contribution is 5.83. The minimum Gasteiger partial charge on any atom is -0.361 e. The van der Waals surface area contributed by atoms with Gasteiger partial charge in [0.2, 0.25) is 0 Å². The second-order valence-corrected chi connectivity index (χ2v) is 5.47. The zero-order chi connectivity index (χ0) is 19.3. The van der Waals surface area contributed by atoms with Crippen LogP contribution in [0.5, 0.6) is 0 Å². The molecule has 0 spiro atoms. The van der Waals surface area contributed by atoms with E-state index in [9.17, 15) is 4.79 Å². The molecule has 24 heavy (non-hydrogen) atoms. The Morgan fingerprint density at radius 2 is 1.75 bits per heavy atom. The first-order chi connectivity index (χ1) is 11.4. The summed E-state index contributed by atoms with van der Waals surface area (Å²) < 4.78 is 0. The summed E-state index contributed by atoms with van der Waals surface area (Å²) in [6.45, 7) is 21.7. The largest absolute Gasteiger partial charge is 0.361 e. The Bertz CT molecular complexity index is 498. The molecular weight excluding hydrogens is 296 g/mol. The van der Waals surface area contributed by atoms with Crippen LogP contribution in [-0.2, 0) is 4.79 Å². The van der Waals surface area contributed by atoms with Gasteiger partial charge in [-0.3, -0.25) is 4.79 Å². The summed E-state index contributed by atoms with van der Waals surface area (Å²) in [5.41, 5.74) is 3.26. The molecule has 2 unspecified atom stereocenters. The normalized spacial score (nSPS) is 12.8. The summed E-state index contributed by atoms with van der Waals surface area (Å²) in [6.07, 6.45) is 7.86. The van der Waals surface area contributed by atoms with Crippen molar-refractivity contribution in [1.29, 1.82) is 0 Å². The average molecular weight is 335 g/mol. The van der Waals surface area contributed by atoms with Gasteiger partial charge in [-0.15, -0.1) is 0 Å². The lowest BCUT2D eigenvalue weighted by Gasteiger charge is -2.25. The van der Waals surface area contributed by atoms with Gasteiger partial charge in [0.1, 0.15) is 5.78 Å². The van der Waals surface area contributed by atoms with E-state index in [4.69, 9.17) is 0 Å². The zero-order valence-corrected chi connectivity index (χ0v) is 17.2. The van der Waals surface area contributed by atoms with Crippen LogP contribution in [0.3, 0.4) is 0 Å². The number of hydrogen-bond donors (Lipinski definition) is 2. The third-order valence-corrected chi connectivity index (χ3v) is 3.46. The summed E-state index contributed by atoms with van der Waals surface area (Å²) in [5, 5.41) is 3.36. The van der Waals surface area contributed by atoms with Gasteiger partial charge in [-0.1, -0.05) is 67.2 Å². The highest BCUT2D eigenvalue weighted by Crippen LogP contribution is 2.28. The molecule has 0 fully saturated rings. The van der Waals surface area contributed by atoms with Crippen LogP contribution in [0.2, 0.25) is 0 Å². The Labute approximate surface area is 149 Å². The molecule has 138 valence electrons. The predicted octanol–water partition coefficient (Wildman–Crippen LogP) is 5.80. The van der Waals surface area contributed by atoms with Crippen molar-refractivity contribution >= 4 is 17.9 Å². The number of nitrogens with one attached hydrogen (secondary N) is 2. The first-order valence-corrected chi connectivity index (χ1v) is 9.15. The first kappa shape index (κ1) is 24.6. The van der Waals surface area contributed by atoms with Gasteiger partial charge < -0.3 is 10.3 Å². The second kappa shape index (κ2) is 13.8. The molecule has 0 aliphatic carbocycles. The third-order valence-electron chi connectivity index (χ3n) is 3.46. The molecule has 0 bridgehead atoms. The standard InChI is InChI=1S/C17H26N2O.2C2H6/c1-7-9-14-15(10-18-16(14)8-2)12(5)17(13(6)20)19-11(3)4;2*1-2/h7-12,17-19H,2H2,1,3-6H3;2*1-2H3/b9-7-;;. The monoisotopic (exact) mass is 334 g/mol. The molecular formula is C21H38N2O. The Morgan fingerprint density at radius 3 is 2.12 bits per heavy atom.